The molecule has 2 aromatic rings. The van der Waals surface area contributed by atoms with Gasteiger partial charge in [-0.3, -0.25) is 9.59 Å². The van der Waals surface area contributed by atoms with Gasteiger partial charge in [-0.1, -0.05) is 6.07 Å². The van der Waals surface area contributed by atoms with Gasteiger partial charge in [0.2, 0.25) is 0 Å². The molecule has 0 aliphatic carbocycles. The summed E-state index contributed by atoms with van der Waals surface area (Å²) in [6.07, 6.45) is 5.22. The number of hydrogen-bond acceptors (Lipinski definition) is 2. The topological polar surface area (TPSA) is 62.5 Å². The van der Waals surface area contributed by atoms with E-state index in [0.29, 0.717) is 25.1 Å². The van der Waals surface area contributed by atoms with Crippen LogP contribution in [0.25, 0.3) is 5.69 Å². The summed E-state index contributed by atoms with van der Waals surface area (Å²) in [4.78, 5) is 25.4. The highest BCUT2D eigenvalue weighted by atomic mass is 16.4. The fourth-order valence-corrected chi connectivity index (χ4v) is 2.85. The van der Waals surface area contributed by atoms with E-state index in [1.54, 1.807) is 11.0 Å². The highest BCUT2D eigenvalue weighted by Crippen LogP contribution is 2.20. The third kappa shape index (κ3) is 2.88. The van der Waals surface area contributed by atoms with Crippen molar-refractivity contribution in [3.05, 3.63) is 54.4 Å². The number of carboxylic acids is 1. The van der Waals surface area contributed by atoms with E-state index in [-0.39, 0.29) is 5.91 Å². The highest BCUT2D eigenvalue weighted by Gasteiger charge is 2.28. The number of benzene rings is 1. The number of carbonyl (C=O) groups is 2. The number of piperidine rings is 1. The van der Waals surface area contributed by atoms with Crippen LogP contribution in [-0.4, -0.2) is 39.5 Å². The molecule has 1 aromatic heterocycles. The molecule has 0 saturated carbocycles. The van der Waals surface area contributed by atoms with Crippen molar-refractivity contribution in [2.24, 2.45) is 5.92 Å². The van der Waals surface area contributed by atoms with Gasteiger partial charge in [0.1, 0.15) is 0 Å². The fourth-order valence-electron chi connectivity index (χ4n) is 2.85. The Kier molecular flexibility index (Phi) is 3.96. The first kappa shape index (κ1) is 14.4. The molecule has 3 rings (SSSR count). The molecule has 5 heteroatoms. The molecule has 0 unspecified atom stereocenters. The second kappa shape index (κ2) is 6.05. The molecule has 5 nitrogen and oxygen atoms in total. The van der Waals surface area contributed by atoms with Gasteiger partial charge in [0.15, 0.2) is 0 Å². The third-order valence-electron chi connectivity index (χ3n) is 4.05. The summed E-state index contributed by atoms with van der Waals surface area (Å²) in [6.45, 7) is 0.915. The number of rotatable bonds is 3. The zero-order valence-corrected chi connectivity index (χ0v) is 12.2. The minimum absolute atomic E-state index is 0.0973. The normalized spacial score (nSPS) is 18.2. The van der Waals surface area contributed by atoms with Crippen LogP contribution in [0.15, 0.2) is 48.8 Å². The molecular formula is C17H18N2O3. The quantitative estimate of drug-likeness (QED) is 0.946. The maximum absolute atomic E-state index is 12.6. The first-order valence-corrected chi connectivity index (χ1v) is 7.40. The predicted molar refractivity (Wildman–Crippen MR) is 82.0 cm³/mol. The summed E-state index contributed by atoms with van der Waals surface area (Å²) in [7, 11) is 0. The Labute approximate surface area is 128 Å². The van der Waals surface area contributed by atoms with Gasteiger partial charge in [-0.15, -0.1) is 0 Å². The number of hydrogen-bond donors (Lipinski definition) is 1. The molecule has 22 heavy (non-hydrogen) atoms. The van der Waals surface area contributed by atoms with E-state index in [1.165, 1.54) is 0 Å². The van der Waals surface area contributed by atoms with Gasteiger partial charge in [-0.25, -0.2) is 0 Å². The summed E-state index contributed by atoms with van der Waals surface area (Å²) in [5.74, 6) is -1.37. The second-order valence-electron chi connectivity index (χ2n) is 5.57. The molecule has 1 atom stereocenters. The van der Waals surface area contributed by atoms with E-state index < -0.39 is 11.9 Å². The van der Waals surface area contributed by atoms with E-state index in [1.807, 2.05) is 47.3 Å². The van der Waals surface area contributed by atoms with Gasteiger partial charge in [0.25, 0.3) is 5.91 Å². The van der Waals surface area contributed by atoms with Crippen molar-refractivity contribution in [1.82, 2.24) is 9.47 Å². The monoisotopic (exact) mass is 298 g/mol. The minimum atomic E-state index is -0.821. The van der Waals surface area contributed by atoms with Crippen molar-refractivity contribution in [3.8, 4) is 5.69 Å². The van der Waals surface area contributed by atoms with Crippen LogP contribution in [0.3, 0.4) is 0 Å². The van der Waals surface area contributed by atoms with Crippen LogP contribution in [0.2, 0.25) is 0 Å². The van der Waals surface area contributed by atoms with E-state index >= 15 is 0 Å². The van der Waals surface area contributed by atoms with E-state index in [2.05, 4.69) is 0 Å². The lowest BCUT2D eigenvalue weighted by molar-refractivity contribution is -0.143. The van der Waals surface area contributed by atoms with Crippen molar-refractivity contribution in [2.75, 3.05) is 13.1 Å². The number of nitrogens with zero attached hydrogens (tertiary/aromatic N) is 2. The molecule has 1 amide bonds. The van der Waals surface area contributed by atoms with E-state index in [9.17, 15) is 9.59 Å². The zero-order chi connectivity index (χ0) is 15.5. The number of likely N-dealkylation sites (tertiary alicyclic amines) is 1. The summed E-state index contributed by atoms with van der Waals surface area (Å²) in [5, 5.41) is 9.14. The molecule has 0 spiro atoms. The zero-order valence-electron chi connectivity index (χ0n) is 12.2. The van der Waals surface area contributed by atoms with Gasteiger partial charge >= 0.3 is 5.97 Å². The number of aromatic nitrogens is 1. The van der Waals surface area contributed by atoms with Crippen molar-refractivity contribution in [2.45, 2.75) is 12.8 Å². The number of carbonyl (C=O) groups excluding carboxylic acids is 1. The van der Waals surface area contributed by atoms with Gasteiger partial charge < -0.3 is 14.6 Å². The molecule has 1 saturated heterocycles. The standard InChI is InChI=1S/C17H18N2O3/c20-16(19-10-4-6-14(12-19)17(21)22)13-5-3-7-15(11-13)18-8-1-2-9-18/h1-3,5,7-9,11,14H,4,6,10,12H2,(H,21,22)/t14-/m1/s1. The Hall–Kier alpha value is -2.56. The van der Waals surface area contributed by atoms with Gasteiger partial charge in [-0.05, 0) is 43.2 Å². The van der Waals surface area contributed by atoms with Crippen molar-refractivity contribution < 1.29 is 14.7 Å². The lowest BCUT2D eigenvalue weighted by atomic mass is 9.97. The molecule has 1 aromatic carbocycles. The summed E-state index contributed by atoms with van der Waals surface area (Å²) in [6, 6.07) is 11.3. The van der Waals surface area contributed by atoms with Crippen molar-refractivity contribution in [3.63, 3.8) is 0 Å². The Bertz CT molecular complexity index is 679. The molecule has 1 fully saturated rings. The van der Waals surface area contributed by atoms with Crippen molar-refractivity contribution in [1.29, 1.82) is 0 Å². The maximum atomic E-state index is 12.6. The average Bonchev–Trinajstić information content (AvgIpc) is 3.09. The number of carboxylic acid groups (broad SMARTS) is 1. The summed E-state index contributed by atoms with van der Waals surface area (Å²) in [5.41, 5.74) is 1.51. The maximum Gasteiger partial charge on any atom is 0.308 e. The summed E-state index contributed by atoms with van der Waals surface area (Å²) >= 11 is 0. The van der Waals surface area contributed by atoms with Gasteiger partial charge in [0, 0.05) is 36.7 Å². The molecule has 1 N–H and O–H groups in total. The molecule has 0 bridgehead atoms. The number of aliphatic carboxylic acids is 1. The second-order valence-corrected chi connectivity index (χ2v) is 5.57. The lowest BCUT2D eigenvalue weighted by Crippen LogP contribution is -2.42. The smallest absolute Gasteiger partial charge is 0.308 e. The van der Waals surface area contributed by atoms with Crippen LogP contribution in [0, 0.1) is 5.92 Å². The third-order valence-corrected chi connectivity index (χ3v) is 4.05. The van der Waals surface area contributed by atoms with Crippen LogP contribution in [-0.2, 0) is 4.79 Å². The molecule has 0 radical (unpaired) electrons. The summed E-state index contributed by atoms with van der Waals surface area (Å²) < 4.78 is 1.94. The first-order valence-electron chi connectivity index (χ1n) is 7.40. The van der Waals surface area contributed by atoms with Crippen LogP contribution < -0.4 is 0 Å². The molecule has 114 valence electrons. The average molecular weight is 298 g/mol. The predicted octanol–water partition coefficient (Wildman–Crippen LogP) is 2.41. The Morgan fingerprint density at radius 2 is 1.91 bits per heavy atom. The molecular weight excluding hydrogens is 280 g/mol. The Morgan fingerprint density at radius 3 is 2.64 bits per heavy atom. The van der Waals surface area contributed by atoms with E-state index in [0.717, 1.165) is 12.1 Å². The molecule has 2 heterocycles. The Morgan fingerprint density at radius 1 is 1.14 bits per heavy atom. The Balaban J connectivity index is 1.80. The van der Waals surface area contributed by atoms with Crippen LogP contribution >= 0.6 is 0 Å². The van der Waals surface area contributed by atoms with Crippen LogP contribution in [0.1, 0.15) is 23.2 Å². The number of amides is 1. The molecule has 1 aliphatic heterocycles. The van der Waals surface area contributed by atoms with Gasteiger partial charge in [0.05, 0.1) is 5.92 Å². The largest absolute Gasteiger partial charge is 0.481 e. The molecule has 1 aliphatic rings. The SMILES string of the molecule is O=C(O)[C@@H]1CCCN(C(=O)c2cccc(-n3cccc3)c2)C1. The first-order chi connectivity index (χ1) is 10.6. The van der Waals surface area contributed by atoms with E-state index in [4.69, 9.17) is 5.11 Å². The highest BCUT2D eigenvalue weighted by molar-refractivity contribution is 5.95. The lowest BCUT2D eigenvalue weighted by Gasteiger charge is -2.30. The van der Waals surface area contributed by atoms with Crippen LogP contribution in [0.4, 0.5) is 0 Å². The fraction of sp³-hybridized carbons (Fsp3) is 0.294. The van der Waals surface area contributed by atoms with Crippen molar-refractivity contribution >= 4 is 11.9 Å². The minimum Gasteiger partial charge on any atom is -0.481 e. The van der Waals surface area contributed by atoms with Crippen LogP contribution in [0.5, 0.6) is 0 Å². The van der Waals surface area contributed by atoms with Gasteiger partial charge in [-0.2, -0.15) is 0 Å².